The molecule has 3 nitrogen and oxygen atoms in total. The molecule has 48 valence electrons. The van der Waals surface area contributed by atoms with Crippen LogP contribution in [0, 0.1) is 0 Å². The van der Waals surface area contributed by atoms with Gasteiger partial charge >= 0.3 is 57.4 Å². The van der Waals surface area contributed by atoms with Gasteiger partial charge in [-0.05, 0) is 0 Å². The van der Waals surface area contributed by atoms with Gasteiger partial charge in [-0.25, -0.2) is 4.79 Å². The van der Waals surface area contributed by atoms with E-state index in [-0.39, 0.29) is 52.8 Å². The van der Waals surface area contributed by atoms with Crippen molar-refractivity contribution in [3.63, 3.8) is 0 Å². The second-order valence-corrected chi connectivity index (χ2v) is 0.861. The molecule has 0 bridgehead atoms. The van der Waals surface area contributed by atoms with Gasteiger partial charge in [0.2, 0.25) is 5.78 Å². The van der Waals surface area contributed by atoms with E-state index >= 15 is 0 Å². The molecule has 0 aliphatic carbocycles. The van der Waals surface area contributed by atoms with Gasteiger partial charge in [-0.1, -0.05) is 0 Å². The number of carbonyl (C=O) groups excluding carboxylic acids is 1. The van der Waals surface area contributed by atoms with E-state index in [1.54, 1.807) is 0 Å². The zero-order chi connectivity index (χ0) is 7.15. The molecule has 0 aliphatic heterocycles. The van der Waals surface area contributed by atoms with Gasteiger partial charge in [0.05, 0.1) is 0 Å². The monoisotopic (exact) mass is 156 g/mol. The van der Waals surface area contributed by atoms with E-state index in [1.165, 1.54) is 0 Å². The normalized spacial score (nSPS) is 5.44. The van der Waals surface area contributed by atoms with Crippen molar-refractivity contribution in [1.29, 1.82) is 0 Å². The Kier molecular flexibility index (Phi) is 20.5. The van der Waals surface area contributed by atoms with Gasteiger partial charge in [0.25, 0.3) is 0 Å². The number of carboxylic acids is 1. The Morgan fingerprint density at radius 3 is 1.56 bits per heavy atom. The van der Waals surface area contributed by atoms with Gasteiger partial charge in [0.1, 0.15) is 0 Å². The molecular formula is C5H9KO3. The summed E-state index contributed by atoms with van der Waals surface area (Å²) >= 11 is 0. The molecule has 1 N–H and O–H groups in total. The Labute approximate surface area is 98.0 Å². The summed E-state index contributed by atoms with van der Waals surface area (Å²) < 4.78 is 0. The zero-order valence-electron chi connectivity index (χ0n) is 6.68. The van der Waals surface area contributed by atoms with Crippen molar-refractivity contribution in [3.8, 4) is 0 Å². The fourth-order valence-electron chi connectivity index (χ4n) is 0. The summed E-state index contributed by atoms with van der Waals surface area (Å²) in [5.41, 5.74) is 0. The molecule has 0 saturated heterocycles. The fourth-order valence-corrected chi connectivity index (χ4v) is 0. The van der Waals surface area contributed by atoms with Crippen LogP contribution in [-0.2, 0) is 9.59 Å². The number of hydrogen-bond acceptors (Lipinski definition) is 2. The van der Waals surface area contributed by atoms with E-state index in [9.17, 15) is 9.59 Å². The third-order valence-corrected chi connectivity index (χ3v) is 0.301. The van der Waals surface area contributed by atoms with E-state index in [2.05, 4.69) is 13.2 Å². The molecule has 9 heavy (non-hydrogen) atoms. The van der Waals surface area contributed by atoms with Gasteiger partial charge in [-0.3, -0.25) is 4.79 Å². The second-order valence-electron chi connectivity index (χ2n) is 0.861. The van der Waals surface area contributed by atoms with E-state index in [4.69, 9.17) is 5.11 Å². The maximum Gasteiger partial charge on any atom is 1.00 e. The number of Topliss-reactive ketones (excluding diaryl/α,β-unsaturated/α-hetero) is 1. The first-order chi connectivity index (χ1) is 3.64. The van der Waals surface area contributed by atoms with Crippen molar-refractivity contribution in [1.82, 2.24) is 0 Å². The van der Waals surface area contributed by atoms with Gasteiger partial charge in [0, 0.05) is 6.92 Å². The maximum absolute atomic E-state index is 9.54. The third kappa shape index (κ3) is 17.7. The Bertz CT molecular complexity index is 93.1. The Balaban J connectivity index is -0.0000000412. The van der Waals surface area contributed by atoms with Crippen LogP contribution in [0.4, 0.5) is 0 Å². The molecular weight excluding hydrogens is 147 g/mol. The molecule has 0 rings (SSSR count). The van der Waals surface area contributed by atoms with Crippen molar-refractivity contribution in [2.75, 3.05) is 0 Å². The van der Waals surface area contributed by atoms with Crippen LogP contribution in [-0.4, -0.2) is 16.9 Å². The van der Waals surface area contributed by atoms with Gasteiger partial charge < -0.3 is 6.53 Å². The van der Waals surface area contributed by atoms with E-state index in [1.807, 2.05) is 0 Å². The van der Waals surface area contributed by atoms with Crippen LogP contribution < -0.4 is 51.4 Å². The Hall–Kier alpha value is 0.516. The Morgan fingerprint density at radius 2 is 1.56 bits per heavy atom. The van der Waals surface area contributed by atoms with E-state index in [0.29, 0.717) is 0 Å². The third-order valence-electron chi connectivity index (χ3n) is 0.301. The standard InChI is InChI=1S/C3H4O3.C2H4.K.H/c1-2(4)3(5)6;1-2;;/h1H3,(H,5,6);1-2H2;;/q;;+1;-1. The zero-order valence-corrected chi connectivity index (χ0v) is 8.80. The molecule has 0 heterocycles. The molecule has 0 saturated carbocycles. The number of hydrogen-bond donors (Lipinski definition) is 1. The molecule has 0 amide bonds. The van der Waals surface area contributed by atoms with Gasteiger partial charge in [-0.2, -0.15) is 0 Å². The van der Waals surface area contributed by atoms with Crippen LogP contribution in [0.15, 0.2) is 13.2 Å². The van der Waals surface area contributed by atoms with E-state index < -0.39 is 11.8 Å². The van der Waals surface area contributed by atoms with Crippen LogP contribution in [0.5, 0.6) is 0 Å². The summed E-state index contributed by atoms with van der Waals surface area (Å²) in [4.78, 5) is 18.9. The molecule has 0 aromatic rings. The summed E-state index contributed by atoms with van der Waals surface area (Å²) in [5.74, 6) is -2.20. The summed E-state index contributed by atoms with van der Waals surface area (Å²) in [6, 6.07) is 0. The maximum atomic E-state index is 9.54. The van der Waals surface area contributed by atoms with Crippen LogP contribution in [0.1, 0.15) is 8.35 Å². The number of carbonyl (C=O) groups is 2. The average molecular weight is 156 g/mol. The first-order valence-corrected chi connectivity index (χ1v) is 1.88. The first-order valence-electron chi connectivity index (χ1n) is 1.88. The molecule has 0 spiro atoms. The molecule has 4 heteroatoms. The number of carboxylic acid groups (broad SMARTS) is 1. The van der Waals surface area contributed by atoms with Crippen molar-refractivity contribution < 1.29 is 67.5 Å². The minimum Gasteiger partial charge on any atom is -1.00 e. The fraction of sp³-hybridized carbons (Fsp3) is 0.200. The minimum absolute atomic E-state index is 0. The number of rotatable bonds is 1. The SMILES string of the molecule is C=C.CC(=O)C(=O)O.[H-].[K+]. The molecule has 0 radical (unpaired) electrons. The summed E-state index contributed by atoms with van der Waals surface area (Å²) in [6.07, 6.45) is 0. The van der Waals surface area contributed by atoms with Crippen LogP contribution >= 0.6 is 0 Å². The van der Waals surface area contributed by atoms with Crippen molar-refractivity contribution in [2.45, 2.75) is 6.92 Å². The summed E-state index contributed by atoms with van der Waals surface area (Å²) in [6.45, 7) is 7.00. The van der Waals surface area contributed by atoms with Gasteiger partial charge in [0.15, 0.2) is 0 Å². The van der Waals surface area contributed by atoms with Crippen LogP contribution in [0.2, 0.25) is 0 Å². The molecule has 0 aromatic heterocycles. The largest absolute Gasteiger partial charge is 1.00 e. The van der Waals surface area contributed by atoms with E-state index in [0.717, 1.165) is 6.92 Å². The minimum atomic E-state index is -1.38. The summed E-state index contributed by atoms with van der Waals surface area (Å²) in [7, 11) is 0. The van der Waals surface area contributed by atoms with Crippen molar-refractivity contribution in [3.05, 3.63) is 13.2 Å². The van der Waals surface area contributed by atoms with Gasteiger partial charge in [-0.15, -0.1) is 13.2 Å². The smallest absolute Gasteiger partial charge is 1.00 e. The topological polar surface area (TPSA) is 54.4 Å². The predicted octanol–water partition coefficient (Wildman–Crippen LogP) is -2.42. The second kappa shape index (κ2) is 11.3. The average Bonchev–Trinajstić information content (AvgIpc) is 1.72. The predicted molar refractivity (Wildman–Crippen MR) is 30.7 cm³/mol. The molecule has 0 aromatic carbocycles. The molecule has 0 unspecified atom stereocenters. The molecule has 0 atom stereocenters. The van der Waals surface area contributed by atoms with Crippen molar-refractivity contribution in [2.24, 2.45) is 0 Å². The Morgan fingerprint density at radius 1 is 1.44 bits per heavy atom. The van der Waals surface area contributed by atoms with Crippen molar-refractivity contribution >= 4 is 11.8 Å². The van der Waals surface area contributed by atoms with Crippen LogP contribution in [0.25, 0.3) is 0 Å². The van der Waals surface area contributed by atoms with Crippen LogP contribution in [0.3, 0.4) is 0 Å². The first kappa shape index (κ1) is 16.3. The number of ketones is 1. The molecule has 0 aliphatic rings. The quantitative estimate of drug-likeness (QED) is 0.261. The molecule has 0 fully saturated rings. The summed E-state index contributed by atoms with van der Waals surface area (Å²) in [5, 5.41) is 7.64. The number of aliphatic carboxylic acids is 1.